The molecule has 0 spiro atoms. The molecule has 3 nitrogen and oxygen atoms in total. The van der Waals surface area contributed by atoms with Crippen molar-refractivity contribution in [3.05, 3.63) is 52.5 Å². The SMILES string of the molecule is O=C(NCCOc1ccc(F)cc1)c1cccs1. The van der Waals surface area contributed by atoms with E-state index in [-0.39, 0.29) is 11.7 Å². The third-order valence-corrected chi connectivity index (χ3v) is 3.08. The van der Waals surface area contributed by atoms with Crippen molar-refractivity contribution >= 4 is 17.2 Å². The van der Waals surface area contributed by atoms with Gasteiger partial charge in [0, 0.05) is 0 Å². The van der Waals surface area contributed by atoms with Gasteiger partial charge in [0.25, 0.3) is 5.91 Å². The van der Waals surface area contributed by atoms with Crippen molar-refractivity contribution in [2.75, 3.05) is 13.2 Å². The van der Waals surface area contributed by atoms with Crippen LogP contribution in [-0.4, -0.2) is 19.1 Å². The lowest BCUT2D eigenvalue weighted by Gasteiger charge is -2.06. The van der Waals surface area contributed by atoms with Gasteiger partial charge in [0.2, 0.25) is 0 Å². The number of hydrogen-bond acceptors (Lipinski definition) is 3. The second-order valence-corrected chi connectivity index (χ2v) is 4.48. The van der Waals surface area contributed by atoms with Crippen molar-refractivity contribution in [3.63, 3.8) is 0 Å². The Morgan fingerprint density at radius 3 is 2.72 bits per heavy atom. The lowest BCUT2D eigenvalue weighted by molar-refractivity contribution is 0.0951. The van der Waals surface area contributed by atoms with Crippen LogP contribution in [0, 0.1) is 5.82 Å². The molecule has 2 rings (SSSR count). The van der Waals surface area contributed by atoms with Crippen molar-refractivity contribution in [1.82, 2.24) is 5.32 Å². The first kappa shape index (κ1) is 12.6. The first-order valence-corrected chi connectivity index (χ1v) is 6.34. The Kier molecular flexibility index (Phi) is 4.30. The second-order valence-electron chi connectivity index (χ2n) is 3.54. The maximum absolute atomic E-state index is 12.6. The van der Waals surface area contributed by atoms with Gasteiger partial charge in [-0.2, -0.15) is 0 Å². The first-order chi connectivity index (χ1) is 8.75. The molecule has 2 aromatic rings. The third kappa shape index (κ3) is 3.56. The zero-order valence-electron chi connectivity index (χ0n) is 9.56. The van der Waals surface area contributed by atoms with E-state index < -0.39 is 0 Å². The van der Waals surface area contributed by atoms with Gasteiger partial charge >= 0.3 is 0 Å². The van der Waals surface area contributed by atoms with Crippen molar-refractivity contribution in [3.8, 4) is 5.75 Å². The predicted molar refractivity (Wildman–Crippen MR) is 68.5 cm³/mol. The number of carbonyl (C=O) groups is 1. The van der Waals surface area contributed by atoms with Crippen LogP contribution >= 0.6 is 11.3 Å². The van der Waals surface area contributed by atoms with Crippen molar-refractivity contribution in [2.24, 2.45) is 0 Å². The number of rotatable bonds is 5. The smallest absolute Gasteiger partial charge is 0.261 e. The summed E-state index contributed by atoms with van der Waals surface area (Å²) in [6, 6.07) is 9.36. The Balaban J connectivity index is 1.70. The van der Waals surface area contributed by atoms with Crippen LogP contribution in [0.3, 0.4) is 0 Å². The number of halogens is 1. The minimum absolute atomic E-state index is 0.104. The summed E-state index contributed by atoms with van der Waals surface area (Å²) in [6.07, 6.45) is 0. The van der Waals surface area contributed by atoms with Gasteiger partial charge in [-0.1, -0.05) is 6.07 Å². The van der Waals surface area contributed by atoms with Gasteiger partial charge in [0.05, 0.1) is 11.4 Å². The highest BCUT2D eigenvalue weighted by Crippen LogP contribution is 2.10. The Hall–Kier alpha value is -1.88. The van der Waals surface area contributed by atoms with Crippen molar-refractivity contribution < 1.29 is 13.9 Å². The standard InChI is InChI=1S/C13H12FNO2S/c14-10-3-5-11(6-4-10)17-8-7-15-13(16)12-2-1-9-18-12/h1-6,9H,7-8H2,(H,15,16). The van der Waals surface area contributed by atoms with E-state index in [2.05, 4.69) is 5.32 Å². The topological polar surface area (TPSA) is 38.3 Å². The molecule has 0 saturated heterocycles. The summed E-state index contributed by atoms with van der Waals surface area (Å²) in [4.78, 5) is 12.2. The quantitative estimate of drug-likeness (QED) is 0.844. The van der Waals surface area contributed by atoms with Crippen molar-refractivity contribution in [2.45, 2.75) is 0 Å². The fourth-order valence-electron chi connectivity index (χ4n) is 1.36. The largest absolute Gasteiger partial charge is 0.492 e. The number of carbonyl (C=O) groups excluding carboxylic acids is 1. The summed E-state index contributed by atoms with van der Waals surface area (Å²) in [5.74, 6) is 0.183. The maximum Gasteiger partial charge on any atom is 0.261 e. The Bertz CT molecular complexity index is 496. The molecule has 0 bridgehead atoms. The normalized spacial score (nSPS) is 10.1. The number of amides is 1. The molecule has 18 heavy (non-hydrogen) atoms. The Morgan fingerprint density at radius 1 is 1.28 bits per heavy atom. The van der Waals surface area contributed by atoms with E-state index in [0.29, 0.717) is 23.8 Å². The van der Waals surface area contributed by atoms with E-state index in [1.807, 2.05) is 11.4 Å². The summed E-state index contributed by atoms with van der Waals surface area (Å²) in [5.41, 5.74) is 0. The monoisotopic (exact) mass is 265 g/mol. The lowest BCUT2D eigenvalue weighted by Crippen LogP contribution is -2.27. The van der Waals surface area contributed by atoms with E-state index in [1.54, 1.807) is 18.2 Å². The van der Waals surface area contributed by atoms with Gasteiger partial charge in [0.15, 0.2) is 0 Å². The highest BCUT2D eigenvalue weighted by molar-refractivity contribution is 7.12. The van der Waals surface area contributed by atoms with E-state index in [0.717, 1.165) is 0 Å². The Morgan fingerprint density at radius 2 is 2.06 bits per heavy atom. The fourth-order valence-corrected chi connectivity index (χ4v) is 2.00. The molecular formula is C13H12FNO2S. The van der Waals surface area contributed by atoms with Crippen LogP contribution in [-0.2, 0) is 0 Å². The first-order valence-electron chi connectivity index (χ1n) is 5.46. The van der Waals surface area contributed by atoms with Crippen molar-refractivity contribution in [1.29, 1.82) is 0 Å². The van der Waals surface area contributed by atoms with E-state index in [1.165, 1.54) is 23.5 Å². The zero-order chi connectivity index (χ0) is 12.8. The molecule has 0 atom stereocenters. The van der Waals surface area contributed by atoms with Crippen LogP contribution < -0.4 is 10.1 Å². The summed E-state index contributed by atoms with van der Waals surface area (Å²) >= 11 is 1.39. The molecule has 0 saturated carbocycles. The van der Waals surface area contributed by atoms with Crippen LogP contribution in [0.1, 0.15) is 9.67 Å². The van der Waals surface area contributed by atoms with Gasteiger partial charge in [-0.3, -0.25) is 4.79 Å². The minimum Gasteiger partial charge on any atom is -0.492 e. The number of thiophene rings is 1. The predicted octanol–water partition coefficient (Wildman–Crippen LogP) is 2.70. The average Bonchev–Trinajstić information content (AvgIpc) is 2.90. The van der Waals surface area contributed by atoms with Crippen LogP contribution in [0.15, 0.2) is 41.8 Å². The molecule has 1 N–H and O–H groups in total. The average molecular weight is 265 g/mol. The molecule has 0 aliphatic rings. The fraction of sp³-hybridized carbons (Fsp3) is 0.154. The molecule has 1 aromatic heterocycles. The number of hydrogen-bond donors (Lipinski definition) is 1. The second kappa shape index (κ2) is 6.16. The molecule has 0 radical (unpaired) electrons. The maximum atomic E-state index is 12.6. The molecule has 1 amide bonds. The van der Waals surface area contributed by atoms with Crippen LogP contribution in [0.25, 0.3) is 0 Å². The van der Waals surface area contributed by atoms with Crippen LogP contribution in [0.2, 0.25) is 0 Å². The van der Waals surface area contributed by atoms with Gasteiger partial charge in [0.1, 0.15) is 18.2 Å². The van der Waals surface area contributed by atoms with E-state index in [9.17, 15) is 9.18 Å². The van der Waals surface area contributed by atoms with Gasteiger partial charge < -0.3 is 10.1 Å². The molecule has 0 unspecified atom stereocenters. The highest BCUT2D eigenvalue weighted by atomic mass is 32.1. The third-order valence-electron chi connectivity index (χ3n) is 2.21. The molecule has 1 aromatic carbocycles. The Labute approximate surface area is 108 Å². The van der Waals surface area contributed by atoms with Gasteiger partial charge in [-0.15, -0.1) is 11.3 Å². The molecule has 94 valence electrons. The highest BCUT2D eigenvalue weighted by Gasteiger charge is 2.04. The number of nitrogens with one attached hydrogen (secondary N) is 1. The summed E-state index contributed by atoms with van der Waals surface area (Å²) < 4.78 is 18.0. The summed E-state index contributed by atoms with van der Waals surface area (Å²) in [5, 5.41) is 4.59. The molecule has 0 aliphatic heterocycles. The molecule has 1 heterocycles. The number of benzene rings is 1. The molecule has 0 fully saturated rings. The zero-order valence-corrected chi connectivity index (χ0v) is 10.4. The number of ether oxygens (including phenoxy) is 1. The van der Waals surface area contributed by atoms with Crippen LogP contribution in [0.5, 0.6) is 5.75 Å². The molecule has 0 aliphatic carbocycles. The van der Waals surface area contributed by atoms with E-state index >= 15 is 0 Å². The summed E-state index contributed by atoms with van der Waals surface area (Å²) in [6.45, 7) is 0.761. The van der Waals surface area contributed by atoms with Gasteiger partial charge in [-0.05, 0) is 35.7 Å². The molecular weight excluding hydrogens is 253 g/mol. The summed E-state index contributed by atoms with van der Waals surface area (Å²) in [7, 11) is 0. The van der Waals surface area contributed by atoms with Gasteiger partial charge in [-0.25, -0.2) is 4.39 Å². The minimum atomic E-state index is -0.298. The molecule has 5 heteroatoms. The lowest BCUT2D eigenvalue weighted by atomic mass is 10.3. The van der Waals surface area contributed by atoms with E-state index in [4.69, 9.17) is 4.74 Å². The van der Waals surface area contributed by atoms with Crippen LogP contribution in [0.4, 0.5) is 4.39 Å².